The Labute approximate surface area is 141 Å². The molecule has 0 saturated carbocycles. The molecule has 1 aromatic rings. The van der Waals surface area contributed by atoms with Crippen molar-refractivity contribution in [2.24, 2.45) is 0 Å². The lowest BCUT2D eigenvalue weighted by Crippen LogP contribution is -2.39. The Morgan fingerprint density at radius 1 is 1.57 bits per heavy atom. The first-order chi connectivity index (χ1) is 10.9. The Kier molecular flexibility index (Phi) is 4.45. The van der Waals surface area contributed by atoms with Crippen LogP contribution in [0.4, 0.5) is 0 Å². The Morgan fingerprint density at radius 2 is 2.30 bits per heavy atom. The lowest BCUT2D eigenvalue weighted by atomic mass is 10.0. The largest absolute Gasteiger partial charge is 0.464 e. The van der Waals surface area contributed by atoms with Gasteiger partial charge >= 0.3 is 5.97 Å². The number of methoxy groups -OCH3 is 1. The van der Waals surface area contributed by atoms with E-state index in [4.69, 9.17) is 14.2 Å². The number of rotatable bonds is 4. The molecule has 0 aromatic carbocycles. The van der Waals surface area contributed by atoms with Crippen LogP contribution in [0.1, 0.15) is 30.4 Å². The van der Waals surface area contributed by atoms with E-state index >= 15 is 0 Å². The highest BCUT2D eigenvalue weighted by molar-refractivity contribution is 9.09. The van der Waals surface area contributed by atoms with Gasteiger partial charge in [0.1, 0.15) is 18.2 Å². The number of fused-ring (bicyclic) bond motifs is 1. The SMILES string of the molecule is COC(=O)c1cn([C@@H]2[C@H]3OC(C)(C)O[C@H]3O[C@@H]2[C@H](O)CBr)nn1. The number of aromatic nitrogens is 3. The second-order valence-electron chi connectivity index (χ2n) is 5.86. The molecule has 2 aliphatic rings. The van der Waals surface area contributed by atoms with E-state index in [1.54, 1.807) is 13.8 Å². The summed E-state index contributed by atoms with van der Waals surface area (Å²) in [7, 11) is 1.27. The van der Waals surface area contributed by atoms with E-state index in [1.807, 2.05) is 0 Å². The number of ether oxygens (including phenoxy) is 4. The van der Waals surface area contributed by atoms with Crippen LogP contribution in [-0.2, 0) is 18.9 Å². The minimum absolute atomic E-state index is 0.0706. The van der Waals surface area contributed by atoms with E-state index < -0.39 is 42.4 Å². The molecule has 1 N–H and O–H groups in total. The fourth-order valence-electron chi connectivity index (χ4n) is 2.84. The first-order valence-electron chi connectivity index (χ1n) is 7.11. The summed E-state index contributed by atoms with van der Waals surface area (Å²) in [6, 6.07) is -0.486. The topological polar surface area (TPSA) is 105 Å². The number of hydrogen-bond donors (Lipinski definition) is 1. The Hall–Kier alpha value is -1.07. The Morgan fingerprint density at radius 3 is 2.96 bits per heavy atom. The summed E-state index contributed by atoms with van der Waals surface area (Å²) < 4.78 is 23.5. The number of carbonyl (C=O) groups is 1. The van der Waals surface area contributed by atoms with Gasteiger partial charge in [-0.1, -0.05) is 21.1 Å². The van der Waals surface area contributed by atoms with Crippen molar-refractivity contribution in [3.05, 3.63) is 11.9 Å². The van der Waals surface area contributed by atoms with Crippen LogP contribution in [0.2, 0.25) is 0 Å². The number of alkyl halides is 1. The summed E-state index contributed by atoms with van der Waals surface area (Å²) in [6.07, 6.45) is -1.07. The van der Waals surface area contributed by atoms with Crippen LogP contribution in [0.5, 0.6) is 0 Å². The molecule has 0 amide bonds. The number of aliphatic hydroxyl groups is 1. The van der Waals surface area contributed by atoms with Gasteiger partial charge in [-0.3, -0.25) is 0 Å². The molecule has 1 aromatic heterocycles. The molecule has 0 radical (unpaired) electrons. The third-order valence-electron chi connectivity index (χ3n) is 3.80. The first-order valence-corrected chi connectivity index (χ1v) is 8.23. The summed E-state index contributed by atoms with van der Waals surface area (Å²) >= 11 is 3.24. The van der Waals surface area contributed by atoms with Crippen LogP contribution in [0, 0.1) is 0 Å². The van der Waals surface area contributed by atoms with E-state index in [0.29, 0.717) is 5.33 Å². The van der Waals surface area contributed by atoms with Gasteiger partial charge in [-0.25, -0.2) is 9.48 Å². The molecule has 2 saturated heterocycles. The summed E-state index contributed by atoms with van der Waals surface area (Å²) in [6.45, 7) is 3.56. The molecule has 2 aliphatic heterocycles. The van der Waals surface area contributed by atoms with Crippen molar-refractivity contribution in [3.63, 3.8) is 0 Å². The highest BCUT2D eigenvalue weighted by atomic mass is 79.9. The van der Waals surface area contributed by atoms with Crippen LogP contribution in [0.25, 0.3) is 0 Å². The zero-order valence-electron chi connectivity index (χ0n) is 12.9. The molecule has 10 heteroatoms. The van der Waals surface area contributed by atoms with Crippen molar-refractivity contribution >= 4 is 21.9 Å². The Balaban J connectivity index is 1.91. The molecule has 3 rings (SSSR count). The zero-order chi connectivity index (χ0) is 16.8. The maximum atomic E-state index is 11.6. The molecule has 0 unspecified atom stereocenters. The fraction of sp³-hybridized carbons (Fsp3) is 0.769. The second-order valence-corrected chi connectivity index (χ2v) is 6.50. The number of carbonyl (C=O) groups excluding carboxylic acids is 1. The quantitative estimate of drug-likeness (QED) is 0.574. The summed E-state index contributed by atoms with van der Waals surface area (Å²) in [5.41, 5.74) is 0.0706. The number of nitrogens with zero attached hydrogens (tertiary/aromatic N) is 3. The van der Waals surface area contributed by atoms with Crippen LogP contribution >= 0.6 is 15.9 Å². The molecule has 23 heavy (non-hydrogen) atoms. The van der Waals surface area contributed by atoms with Crippen LogP contribution < -0.4 is 0 Å². The standard InChI is InChI=1S/C13H18BrN3O6/c1-13(2)22-10-8(9(7(18)4-14)21-12(10)23-13)17-5-6(15-16-17)11(19)20-3/h5,7-10,12,18H,4H2,1-3H3/t7-,8+,9-,10-,12-/m1/s1. The van der Waals surface area contributed by atoms with Crippen LogP contribution in [0.3, 0.4) is 0 Å². The number of halogens is 1. The van der Waals surface area contributed by atoms with Crippen molar-refractivity contribution in [1.82, 2.24) is 15.0 Å². The van der Waals surface area contributed by atoms with Crippen molar-refractivity contribution in [2.75, 3.05) is 12.4 Å². The molecule has 2 fully saturated rings. The van der Waals surface area contributed by atoms with Crippen molar-refractivity contribution < 1.29 is 28.8 Å². The van der Waals surface area contributed by atoms with Gasteiger partial charge in [-0.15, -0.1) is 5.10 Å². The van der Waals surface area contributed by atoms with Crippen molar-refractivity contribution in [2.45, 2.75) is 50.3 Å². The zero-order valence-corrected chi connectivity index (χ0v) is 14.5. The smallest absolute Gasteiger partial charge is 0.360 e. The summed E-state index contributed by atoms with van der Waals surface area (Å²) in [5, 5.41) is 18.3. The van der Waals surface area contributed by atoms with Crippen molar-refractivity contribution in [3.8, 4) is 0 Å². The van der Waals surface area contributed by atoms with E-state index in [0.717, 1.165) is 0 Å². The normalized spacial score (nSPS) is 33.4. The average Bonchev–Trinajstić information content (AvgIpc) is 3.17. The average molecular weight is 392 g/mol. The van der Waals surface area contributed by atoms with Crippen LogP contribution in [-0.4, -0.2) is 68.9 Å². The second kappa shape index (κ2) is 6.10. The maximum absolute atomic E-state index is 11.6. The number of hydrogen-bond acceptors (Lipinski definition) is 8. The van der Waals surface area contributed by atoms with Gasteiger partial charge in [0.15, 0.2) is 17.8 Å². The number of esters is 1. The van der Waals surface area contributed by atoms with E-state index in [2.05, 4.69) is 31.0 Å². The number of aliphatic hydroxyl groups excluding tert-OH is 1. The summed E-state index contributed by atoms with van der Waals surface area (Å²) in [4.78, 5) is 11.6. The van der Waals surface area contributed by atoms with Gasteiger partial charge < -0.3 is 24.1 Å². The third-order valence-corrected chi connectivity index (χ3v) is 4.46. The first kappa shape index (κ1) is 16.8. The van der Waals surface area contributed by atoms with Gasteiger partial charge in [-0.2, -0.15) is 0 Å². The van der Waals surface area contributed by atoms with Gasteiger partial charge in [0, 0.05) is 5.33 Å². The molecule has 128 valence electrons. The predicted octanol–water partition coefficient (Wildman–Crippen LogP) is 0.238. The van der Waals surface area contributed by atoms with Gasteiger partial charge in [0.2, 0.25) is 0 Å². The van der Waals surface area contributed by atoms with E-state index in [1.165, 1.54) is 18.0 Å². The molecule has 0 spiro atoms. The van der Waals surface area contributed by atoms with Gasteiger partial charge in [-0.05, 0) is 13.8 Å². The minimum atomic E-state index is -0.802. The van der Waals surface area contributed by atoms with E-state index in [-0.39, 0.29) is 5.69 Å². The lowest BCUT2D eigenvalue weighted by Gasteiger charge is -2.27. The highest BCUT2D eigenvalue weighted by Gasteiger charge is 2.57. The molecule has 0 aliphatic carbocycles. The molecule has 3 heterocycles. The van der Waals surface area contributed by atoms with Gasteiger partial charge in [0.25, 0.3) is 0 Å². The minimum Gasteiger partial charge on any atom is -0.464 e. The molecule has 0 bridgehead atoms. The fourth-order valence-corrected chi connectivity index (χ4v) is 3.21. The molecule has 5 atom stereocenters. The van der Waals surface area contributed by atoms with Crippen LogP contribution in [0.15, 0.2) is 6.20 Å². The van der Waals surface area contributed by atoms with Crippen molar-refractivity contribution in [1.29, 1.82) is 0 Å². The Bertz CT molecular complexity index is 594. The molecular formula is C13H18BrN3O6. The van der Waals surface area contributed by atoms with E-state index in [9.17, 15) is 9.90 Å². The highest BCUT2D eigenvalue weighted by Crippen LogP contribution is 2.43. The lowest BCUT2D eigenvalue weighted by molar-refractivity contribution is -0.218. The molecule has 9 nitrogen and oxygen atoms in total. The predicted molar refractivity (Wildman–Crippen MR) is 78.9 cm³/mol. The summed E-state index contributed by atoms with van der Waals surface area (Å²) in [5.74, 6) is -1.39. The third kappa shape index (κ3) is 3.01. The maximum Gasteiger partial charge on any atom is 0.360 e. The van der Waals surface area contributed by atoms with Gasteiger partial charge in [0.05, 0.1) is 19.4 Å². The molecular weight excluding hydrogens is 374 g/mol. The monoisotopic (exact) mass is 391 g/mol.